The van der Waals surface area contributed by atoms with Crippen molar-refractivity contribution in [2.75, 3.05) is 44.2 Å². The maximum absolute atomic E-state index is 17.0. The minimum absolute atomic E-state index is 0.0567. The van der Waals surface area contributed by atoms with Gasteiger partial charge in [-0.2, -0.15) is 9.97 Å². The van der Waals surface area contributed by atoms with Gasteiger partial charge in [0.05, 0.1) is 22.2 Å². The van der Waals surface area contributed by atoms with Crippen LogP contribution in [0.1, 0.15) is 37.4 Å². The predicted molar refractivity (Wildman–Crippen MR) is 195 cm³/mol. The number of terminal acetylenes is 1. The van der Waals surface area contributed by atoms with Crippen LogP contribution in [0, 0.1) is 24.0 Å². The largest absolute Gasteiger partial charge is 0.508 e. The van der Waals surface area contributed by atoms with Gasteiger partial charge in [-0.1, -0.05) is 18.1 Å². The van der Waals surface area contributed by atoms with Crippen molar-refractivity contribution in [3.05, 3.63) is 83.6 Å². The number of phenolic OH excluding ortho intramolecular Hbond substituents is 1. The van der Waals surface area contributed by atoms with Crippen molar-refractivity contribution in [2.45, 2.75) is 43.9 Å². The van der Waals surface area contributed by atoms with E-state index in [9.17, 15) is 18.7 Å². The summed E-state index contributed by atoms with van der Waals surface area (Å²) < 4.78 is 67.8. The normalized spacial score (nSPS) is 21.8. The summed E-state index contributed by atoms with van der Waals surface area (Å²) in [5, 5.41) is 11.4. The lowest BCUT2D eigenvalue weighted by Gasteiger charge is -2.40. The molecule has 276 valence electrons. The van der Waals surface area contributed by atoms with Crippen molar-refractivity contribution in [2.24, 2.45) is 0 Å². The molecular weight excluding hydrogens is 702 g/mol. The number of rotatable bonds is 7. The zero-order valence-electron chi connectivity index (χ0n) is 29.3. The van der Waals surface area contributed by atoms with Gasteiger partial charge in [0.25, 0.3) is 5.91 Å². The highest BCUT2D eigenvalue weighted by atomic mass is 19.1. The van der Waals surface area contributed by atoms with E-state index in [1.165, 1.54) is 41.6 Å². The van der Waals surface area contributed by atoms with Gasteiger partial charge in [-0.15, -0.1) is 6.42 Å². The monoisotopic (exact) mass is 737 g/mol. The molecule has 8 rings (SSSR count). The molecule has 0 radical (unpaired) electrons. The molecule has 0 spiro atoms. The molecule has 3 aliphatic rings. The van der Waals surface area contributed by atoms with Crippen LogP contribution in [0.25, 0.3) is 39.0 Å². The van der Waals surface area contributed by atoms with Crippen molar-refractivity contribution in [3.8, 4) is 35.4 Å². The molecule has 2 aromatic carbocycles. The summed E-state index contributed by atoms with van der Waals surface area (Å²) in [5.74, 6) is -0.935. The van der Waals surface area contributed by atoms with E-state index < -0.39 is 41.1 Å². The fraction of sp³-hybridized carbons (Fsp3) is 0.325. The number of carbonyl (C=O) groups is 1. The molecule has 0 saturated carbocycles. The number of nitrogens with zero attached hydrogens (tertiary/aromatic N) is 7. The molecule has 1 N–H and O–H groups in total. The number of amides is 1. The summed E-state index contributed by atoms with van der Waals surface area (Å²) in [4.78, 5) is 36.2. The Morgan fingerprint density at radius 2 is 1.98 bits per heavy atom. The number of anilines is 1. The van der Waals surface area contributed by atoms with Gasteiger partial charge in [-0.05, 0) is 62.0 Å². The van der Waals surface area contributed by atoms with Crippen molar-refractivity contribution in [1.29, 1.82) is 0 Å². The molecule has 0 aliphatic carbocycles. The second kappa shape index (κ2) is 13.9. The maximum atomic E-state index is 17.0. The van der Waals surface area contributed by atoms with Gasteiger partial charge in [0.15, 0.2) is 11.6 Å². The molecule has 14 heteroatoms. The Labute approximate surface area is 308 Å². The third-order valence-corrected chi connectivity index (χ3v) is 10.7. The van der Waals surface area contributed by atoms with Crippen LogP contribution in [0.4, 0.5) is 23.4 Å². The van der Waals surface area contributed by atoms with Crippen LogP contribution in [-0.2, 0) is 4.79 Å². The smallest absolute Gasteiger partial charge is 0.319 e. The Bertz CT molecular complexity index is 2370. The fourth-order valence-corrected chi connectivity index (χ4v) is 8.15. The molecule has 3 saturated heterocycles. The van der Waals surface area contributed by atoms with Crippen molar-refractivity contribution >= 4 is 39.5 Å². The topological polar surface area (TPSA) is 108 Å². The average molecular weight is 738 g/mol. The van der Waals surface area contributed by atoms with Crippen LogP contribution < -0.4 is 9.64 Å². The van der Waals surface area contributed by atoms with E-state index in [1.54, 1.807) is 18.2 Å². The van der Waals surface area contributed by atoms with Gasteiger partial charge in [0.2, 0.25) is 0 Å². The first-order chi connectivity index (χ1) is 26.0. The molecule has 1 amide bonds. The summed E-state index contributed by atoms with van der Waals surface area (Å²) >= 11 is 0. The van der Waals surface area contributed by atoms with Gasteiger partial charge >= 0.3 is 6.01 Å². The molecule has 54 heavy (non-hydrogen) atoms. The molecule has 10 nitrogen and oxygen atoms in total. The van der Waals surface area contributed by atoms with Crippen LogP contribution in [0.5, 0.6) is 11.8 Å². The van der Waals surface area contributed by atoms with Gasteiger partial charge < -0.3 is 19.6 Å². The zero-order valence-corrected chi connectivity index (χ0v) is 29.3. The Morgan fingerprint density at radius 1 is 1.13 bits per heavy atom. The van der Waals surface area contributed by atoms with E-state index in [-0.39, 0.29) is 76.9 Å². The molecular formula is C40H35F4N7O3. The summed E-state index contributed by atoms with van der Waals surface area (Å²) in [7, 11) is 0. The lowest BCUT2D eigenvalue weighted by molar-refractivity contribution is -0.129. The highest BCUT2D eigenvalue weighted by molar-refractivity contribution is 6.03. The quantitative estimate of drug-likeness (QED) is 0.119. The fourth-order valence-electron chi connectivity index (χ4n) is 8.15. The van der Waals surface area contributed by atoms with Crippen molar-refractivity contribution in [3.63, 3.8) is 0 Å². The lowest BCUT2D eigenvalue weighted by Crippen LogP contribution is -2.54. The number of benzene rings is 2. The standard InChI is InChI=1S/C40H35F4N7O3/c1-3-28-31(42)9-8-24-15-27(52)17-29(33(24)28)35-34(44)36-30(19-46-35)37(48-39(47-36)54-22-40-10-6-12-50(40)21-25(41)18-40)51-14-13-49(20-23(51)2)38(53)32(43)16-26-7-4-5-11-45-26/h1,4-5,7-9,11,15-17,19,23,25,52H,6,10,12-14,18,20-22H2,2H3/b32-16-/t23-,25+,40-/m0/s1. The van der Waals surface area contributed by atoms with Gasteiger partial charge in [0, 0.05) is 68.1 Å². The first-order valence-electron chi connectivity index (χ1n) is 17.7. The Kier molecular flexibility index (Phi) is 9.05. The third-order valence-electron chi connectivity index (χ3n) is 10.7. The van der Waals surface area contributed by atoms with Crippen molar-refractivity contribution in [1.82, 2.24) is 29.7 Å². The summed E-state index contributed by atoms with van der Waals surface area (Å²) in [6.07, 6.45) is 10.6. The lowest BCUT2D eigenvalue weighted by atomic mass is 9.95. The number of ether oxygens (including phenoxy) is 1. The predicted octanol–water partition coefficient (Wildman–Crippen LogP) is 6.21. The van der Waals surface area contributed by atoms with E-state index >= 15 is 8.78 Å². The first-order valence-corrected chi connectivity index (χ1v) is 17.7. The SMILES string of the molecule is C#Cc1c(F)ccc2cc(O)cc(-c3ncc4c(N5CCN(C(=O)/C(F)=C/c6ccccn6)C[C@@H]5C)nc(OC[C@@]56CCCN5C[C@H](F)C6)nc4c3F)c12. The number of pyridine rings is 2. The minimum Gasteiger partial charge on any atom is -0.508 e. The number of carbonyl (C=O) groups excluding carboxylic acids is 1. The Balaban J connectivity index is 1.19. The number of aromatic hydroxyl groups is 1. The minimum atomic E-state index is -0.994. The highest BCUT2D eigenvalue weighted by Gasteiger charge is 2.49. The Morgan fingerprint density at radius 3 is 2.76 bits per heavy atom. The number of halogens is 4. The Hall–Kier alpha value is -5.81. The van der Waals surface area contributed by atoms with Crippen LogP contribution in [0.15, 0.2) is 60.7 Å². The van der Waals surface area contributed by atoms with Crippen LogP contribution in [0.2, 0.25) is 0 Å². The number of phenols is 1. The third kappa shape index (κ3) is 6.22. The second-order valence-electron chi connectivity index (χ2n) is 14.1. The summed E-state index contributed by atoms with van der Waals surface area (Å²) in [5.41, 5.74) is -0.698. The molecule has 0 unspecified atom stereocenters. The van der Waals surface area contributed by atoms with E-state index in [0.717, 1.165) is 25.5 Å². The van der Waals surface area contributed by atoms with Gasteiger partial charge in [-0.3, -0.25) is 19.7 Å². The molecule has 0 bridgehead atoms. The van der Waals surface area contributed by atoms with Crippen LogP contribution in [0.3, 0.4) is 0 Å². The molecule has 3 aromatic heterocycles. The maximum Gasteiger partial charge on any atom is 0.319 e. The van der Waals surface area contributed by atoms with Crippen LogP contribution >= 0.6 is 0 Å². The summed E-state index contributed by atoms with van der Waals surface area (Å²) in [6, 6.07) is 9.66. The number of alkyl halides is 1. The van der Waals surface area contributed by atoms with E-state index in [4.69, 9.17) is 16.1 Å². The second-order valence-corrected chi connectivity index (χ2v) is 14.1. The number of piperazine rings is 1. The first kappa shape index (κ1) is 35.2. The summed E-state index contributed by atoms with van der Waals surface area (Å²) in [6.45, 7) is 3.40. The van der Waals surface area contributed by atoms with Gasteiger partial charge in [-0.25, -0.2) is 17.6 Å². The molecule has 5 aromatic rings. The van der Waals surface area contributed by atoms with E-state index in [0.29, 0.717) is 24.0 Å². The van der Waals surface area contributed by atoms with Gasteiger partial charge in [0.1, 0.15) is 41.4 Å². The van der Waals surface area contributed by atoms with E-state index in [1.807, 2.05) is 11.8 Å². The molecule has 3 atom stereocenters. The van der Waals surface area contributed by atoms with Crippen molar-refractivity contribution < 1.29 is 32.2 Å². The molecule has 3 fully saturated rings. The highest BCUT2D eigenvalue weighted by Crippen LogP contribution is 2.42. The van der Waals surface area contributed by atoms with Crippen LogP contribution in [-0.4, -0.2) is 97.8 Å². The molecule has 6 heterocycles. The number of aromatic nitrogens is 4. The number of hydrogen-bond acceptors (Lipinski definition) is 9. The zero-order chi connectivity index (χ0) is 37.7. The van der Waals surface area contributed by atoms with E-state index in [2.05, 4.69) is 25.8 Å². The average Bonchev–Trinajstić information content (AvgIpc) is 3.69. The number of hydrogen-bond donors (Lipinski definition) is 1. The molecule has 3 aliphatic heterocycles. The number of fused-ring (bicyclic) bond motifs is 3.